The van der Waals surface area contributed by atoms with E-state index >= 15 is 0 Å². The van der Waals surface area contributed by atoms with E-state index in [-0.39, 0.29) is 0 Å². The molecular formula is C5H12O8P2. The lowest BCUT2D eigenvalue weighted by Gasteiger charge is -2.16. The fourth-order valence-electron chi connectivity index (χ4n) is 0.669. The Kier molecular flexibility index (Phi) is 5.87. The molecule has 0 bridgehead atoms. The number of hydrogen-bond donors (Lipinski definition) is 4. The van der Waals surface area contributed by atoms with E-state index in [0.29, 0.717) is 0 Å². The summed E-state index contributed by atoms with van der Waals surface area (Å²) in [5.41, 5.74) is 0. The maximum atomic E-state index is 10.9. The molecule has 2 atom stereocenters. The van der Waals surface area contributed by atoms with E-state index in [2.05, 4.69) is 8.83 Å². The number of rotatable bonds is 6. The normalized spacial score (nSPS) is 19.0. The van der Waals surface area contributed by atoms with Crippen molar-refractivity contribution in [2.75, 3.05) is 6.61 Å². The Balaban J connectivity index is 4.48. The van der Waals surface area contributed by atoms with Crippen LogP contribution in [0.25, 0.3) is 0 Å². The predicted octanol–water partition coefficient (Wildman–Crippen LogP) is 0.150. The maximum Gasteiger partial charge on any atom is 0.481 e. The maximum absolute atomic E-state index is 10.9. The van der Waals surface area contributed by atoms with Crippen molar-refractivity contribution in [3.05, 3.63) is 12.2 Å². The van der Waals surface area contributed by atoms with E-state index in [4.69, 9.17) is 19.8 Å². The summed E-state index contributed by atoms with van der Waals surface area (Å²) in [6.45, 7) is 0.942. The fourth-order valence-corrected chi connectivity index (χ4v) is 2.38. The second-order valence-corrected chi connectivity index (χ2v) is 5.18. The molecule has 2 unspecified atom stereocenters. The highest BCUT2D eigenvalue weighted by Crippen LogP contribution is 2.58. The highest BCUT2D eigenvalue weighted by Gasteiger charge is 2.34. The Bertz CT molecular complexity index is 306. The van der Waals surface area contributed by atoms with Crippen molar-refractivity contribution in [2.45, 2.75) is 13.0 Å². The number of phosphoric acid groups is 2. The fraction of sp³-hybridized carbons (Fsp3) is 0.600. The van der Waals surface area contributed by atoms with Gasteiger partial charge in [0.15, 0.2) is 0 Å². The molecule has 0 rings (SSSR count). The zero-order valence-electron chi connectivity index (χ0n) is 7.76. The largest absolute Gasteiger partial charge is 0.481 e. The van der Waals surface area contributed by atoms with Gasteiger partial charge in [0.05, 0.1) is 6.61 Å². The van der Waals surface area contributed by atoms with Gasteiger partial charge in [-0.3, -0.25) is 4.52 Å². The van der Waals surface area contributed by atoms with Crippen molar-refractivity contribution >= 4 is 15.6 Å². The molecule has 0 fully saturated rings. The average molecular weight is 262 g/mol. The Hall–Kier alpha value is -0.0400. The quantitative estimate of drug-likeness (QED) is 0.392. The summed E-state index contributed by atoms with van der Waals surface area (Å²) in [6.07, 6.45) is 1.49. The highest BCUT2D eigenvalue weighted by atomic mass is 31.3. The summed E-state index contributed by atoms with van der Waals surface area (Å²) in [4.78, 5) is 25.4. The van der Waals surface area contributed by atoms with Crippen LogP contribution in [-0.4, -0.2) is 32.5 Å². The minimum Gasteiger partial charge on any atom is -0.393 e. The van der Waals surface area contributed by atoms with Crippen LogP contribution in [0, 0.1) is 0 Å². The van der Waals surface area contributed by atoms with Gasteiger partial charge in [-0.25, -0.2) is 9.13 Å². The first-order valence-electron chi connectivity index (χ1n) is 3.72. The number of aliphatic hydroxyl groups is 1. The first-order valence-corrected chi connectivity index (χ1v) is 6.74. The Morgan fingerprint density at radius 3 is 2.20 bits per heavy atom. The summed E-state index contributed by atoms with van der Waals surface area (Å²) in [6, 6.07) is 0. The van der Waals surface area contributed by atoms with Crippen molar-refractivity contribution in [1.29, 1.82) is 0 Å². The minimum atomic E-state index is -5.12. The van der Waals surface area contributed by atoms with Crippen LogP contribution in [0.3, 0.4) is 0 Å². The van der Waals surface area contributed by atoms with Gasteiger partial charge < -0.3 is 19.8 Å². The van der Waals surface area contributed by atoms with Gasteiger partial charge in [-0.15, -0.1) is 0 Å². The second kappa shape index (κ2) is 5.89. The van der Waals surface area contributed by atoms with Crippen LogP contribution in [0.1, 0.15) is 6.92 Å². The van der Waals surface area contributed by atoms with E-state index in [1.165, 1.54) is 12.2 Å². The van der Waals surface area contributed by atoms with Gasteiger partial charge in [-0.2, -0.15) is 4.31 Å². The third-order valence-electron chi connectivity index (χ3n) is 1.07. The van der Waals surface area contributed by atoms with Gasteiger partial charge in [-0.1, -0.05) is 12.2 Å². The zero-order chi connectivity index (χ0) is 12.1. The molecule has 0 aliphatic rings. The molecule has 0 saturated heterocycles. The summed E-state index contributed by atoms with van der Waals surface area (Å²) in [7, 11) is -10.0. The van der Waals surface area contributed by atoms with Gasteiger partial charge in [0.25, 0.3) is 0 Å². The average Bonchev–Trinajstić information content (AvgIpc) is 1.98. The van der Waals surface area contributed by atoms with Crippen LogP contribution in [0.15, 0.2) is 12.2 Å². The van der Waals surface area contributed by atoms with Gasteiger partial charge in [0, 0.05) is 0 Å². The lowest BCUT2D eigenvalue weighted by molar-refractivity contribution is 0.105. The van der Waals surface area contributed by atoms with Crippen LogP contribution in [0.5, 0.6) is 0 Å². The third-order valence-corrected chi connectivity index (χ3v) is 3.28. The SMILES string of the molecule is CC=CC(CO)OP(=O)(O)OP(=O)(O)O. The smallest absolute Gasteiger partial charge is 0.393 e. The highest BCUT2D eigenvalue weighted by molar-refractivity contribution is 7.60. The van der Waals surface area contributed by atoms with E-state index in [9.17, 15) is 9.13 Å². The Morgan fingerprint density at radius 1 is 1.33 bits per heavy atom. The van der Waals surface area contributed by atoms with Crippen LogP contribution >= 0.6 is 15.6 Å². The molecule has 0 aromatic carbocycles. The Morgan fingerprint density at radius 2 is 1.87 bits per heavy atom. The van der Waals surface area contributed by atoms with Crippen molar-refractivity contribution in [3.8, 4) is 0 Å². The van der Waals surface area contributed by atoms with Crippen molar-refractivity contribution in [3.63, 3.8) is 0 Å². The topological polar surface area (TPSA) is 134 Å². The molecule has 0 aliphatic carbocycles. The van der Waals surface area contributed by atoms with Gasteiger partial charge in [0.1, 0.15) is 6.10 Å². The van der Waals surface area contributed by atoms with Gasteiger partial charge in [-0.05, 0) is 6.92 Å². The number of hydrogen-bond acceptors (Lipinski definition) is 5. The molecule has 10 heteroatoms. The number of allylic oxidation sites excluding steroid dienone is 1. The summed E-state index contributed by atoms with van der Waals surface area (Å²) in [5, 5.41) is 8.66. The second-order valence-electron chi connectivity index (χ2n) is 2.39. The molecule has 0 radical (unpaired) electrons. The molecule has 4 N–H and O–H groups in total. The standard InChI is InChI=1S/C5H12O8P2/c1-2-3-5(4-6)12-15(10,11)13-14(7,8)9/h2-3,5-6H,4H2,1H3,(H,10,11)(H2,7,8,9). The molecule has 0 saturated carbocycles. The Labute approximate surface area is 86.0 Å². The van der Waals surface area contributed by atoms with Crippen molar-refractivity contribution in [2.24, 2.45) is 0 Å². The monoisotopic (exact) mass is 262 g/mol. The number of aliphatic hydroxyl groups excluding tert-OH is 1. The molecule has 0 aromatic rings. The molecule has 0 aliphatic heterocycles. The molecule has 0 spiro atoms. The first kappa shape index (κ1) is 15.0. The lowest BCUT2D eigenvalue weighted by atomic mass is 10.3. The minimum absolute atomic E-state index is 0.626. The molecule has 0 amide bonds. The molecule has 15 heavy (non-hydrogen) atoms. The van der Waals surface area contributed by atoms with E-state index in [1.54, 1.807) is 6.92 Å². The molecular weight excluding hydrogens is 250 g/mol. The van der Waals surface area contributed by atoms with Gasteiger partial charge >= 0.3 is 15.6 Å². The zero-order valence-corrected chi connectivity index (χ0v) is 9.54. The first-order chi connectivity index (χ1) is 6.70. The third kappa shape index (κ3) is 7.84. The van der Waals surface area contributed by atoms with Crippen LogP contribution in [0.4, 0.5) is 0 Å². The summed E-state index contributed by atoms with van der Waals surface area (Å²) in [5.74, 6) is 0. The lowest BCUT2D eigenvalue weighted by Crippen LogP contribution is -2.13. The van der Waals surface area contributed by atoms with Crippen molar-refractivity contribution < 1.29 is 37.8 Å². The summed E-state index contributed by atoms with van der Waals surface area (Å²) >= 11 is 0. The molecule has 0 heterocycles. The van der Waals surface area contributed by atoms with Crippen LogP contribution in [-0.2, 0) is 18.0 Å². The van der Waals surface area contributed by atoms with Crippen molar-refractivity contribution in [1.82, 2.24) is 0 Å². The van der Waals surface area contributed by atoms with Crippen LogP contribution < -0.4 is 0 Å². The van der Waals surface area contributed by atoms with Crippen LogP contribution in [0.2, 0.25) is 0 Å². The molecule has 90 valence electrons. The number of phosphoric ester groups is 1. The predicted molar refractivity (Wildman–Crippen MR) is 49.7 cm³/mol. The van der Waals surface area contributed by atoms with E-state index in [0.717, 1.165) is 0 Å². The molecule has 8 nitrogen and oxygen atoms in total. The van der Waals surface area contributed by atoms with Gasteiger partial charge in [0.2, 0.25) is 0 Å². The molecule has 0 aromatic heterocycles. The summed E-state index contributed by atoms with van der Waals surface area (Å²) < 4.78 is 29.0. The van der Waals surface area contributed by atoms with E-state index in [1.807, 2.05) is 0 Å². The van der Waals surface area contributed by atoms with E-state index < -0.39 is 28.4 Å².